The molecule has 3 aromatic rings. The van der Waals surface area contributed by atoms with Gasteiger partial charge in [-0.05, 0) is 54.6 Å². The molecule has 0 radical (unpaired) electrons. The average Bonchev–Trinajstić information content (AvgIpc) is 3.41. The Morgan fingerprint density at radius 1 is 1.06 bits per heavy atom. The summed E-state index contributed by atoms with van der Waals surface area (Å²) in [5.74, 6) is -0.783. The van der Waals surface area contributed by atoms with Crippen LogP contribution < -0.4 is 15.5 Å². The average molecular weight is 571 g/mol. The van der Waals surface area contributed by atoms with Gasteiger partial charge in [-0.25, -0.2) is 0 Å². The molecule has 10 nitrogen and oxygen atoms in total. The molecule has 0 saturated carbocycles. The molecule has 0 spiro atoms. The third-order valence-electron chi connectivity index (χ3n) is 4.51. The normalized spacial score (nSPS) is 12.9. The maximum absolute atomic E-state index is 12.9. The molecule has 4 N–H and O–H groups in total. The number of thiophene rings is 1. The van der Waals surface area contributed by atoms with Crippen LogP contribution in [0.4, 0.5) is 17.1 Å². The van der Waals surface area contributed by atoms with Crippen molar-refractivity contribution in [3.63, 3.8) is 0 Å². The van der Waals surface area contributed by atoms with E-state index in [1.54, 1.807) is 53.4 Å². The van der Waals surface area contributed by atoms with E-state index in [1.807, 2.05) is 0 Å². The molecule has 2 heterocycles. The van der Waals surface area contributed by atoms with Crippen molar-refractivity contribution in [2.75, 3.05) is 34.9 Å². The van der Waals surface area contributed by atoms with Crippen LogP contribution in [0.25, 0.3) is 0 Å². The van der Waals surface area contributed by atoms with Crippen LogP contribution in [0.2, 0.25) is 9.36 Å². The van der Waals surface area contributed by atoms with Crippen molar-refractivity contribution >= 4 is 79.6 Å². The first-order chi connectivity index (χ1) is 16.9. The fourth-order valence-corrected chi connectivity index (χ4v) is 4.13. The standard InChI is InChI=1S/C21H16Cl2N4O3S.CH4O3S/c22-12-1-6-15(16(11-12)26-20(29)17-7-8-18(23)31-17)19(28)25-13-2-4-14(5-3-13)27-9-10-30-21(27)24;1-5(2,3)4/h1-8,11,24H,9-10H2,(H,25,28)(H,26,29);1H3,(H,2,3,4). The first-order valence-corrected chi connectivity index (χ1v) is 13.5. The van der Waals surface area contributed by atoms with Crippen LogP contribution in [-0.4, -0.2) is 50.2 Å². The molecule has 2 aromatic carbocycles. The van der Waals surface area contributed by atoms with Crippen molar-refractivity contribution in [3.05, 3.63) is 74.4 Å². The molecule has 0 aliphatic carbocycles. The van der Waals surface area contributed by atoms with E-state index in [2.05, 4.69) is 10.6 Å². The van der Waals surface area contributed by atoms with E-state index in [0.717, 1.165) is 17.0 Å². The van der Waals surface area contributed by atoms with E-state index >= 15 is 0 Å². The molecule has 0 bridgehead atoms. The lowest BCUT2D eigenvalue weighted by Gasteiger charge is -2.15. The van der Waals surface area contributed by atoms with Crippen LogP contribution in [-0.2, 0) is 14.9 Å². The molecule has 1 saturated heterocycles. The zero-order chi connectivity index (χ0) is 26.5. The van der Waals surface area contributed by atoms with Gasteiger partial charge < -0.3 is 15.4 Å². The summed E-state index contributed by atoms with van der Waals surface area (Å²) in [6.07, 6.45) is 0.715. The van der Waals surface area contributed by atoms with E-state index < -0.39 is 16.0 Å². The lowest BCUT2D eigenvalue weighted by atomic mass is 10.1. The molecule has 4 rings (SSSR count). The summed E-state index contributed by atoms with van der Waals surface area (Å²) in [7, 11) is -3.67. The Morgan fingerprint density at radius 3 is 2.28 bits per heavy atom. The van der Waals surface area contributed by atoms with E-state index in [9.17, 15) is 18.0 Å². The summed E-state index contributed by atoms with van der Waals surface area (Å²) < 4.78 is 31.5. The Bertz CT molecular complexity index is 1390. The van der Waals surface area contributed by atoms with Gasteiger partial charge in [0.25, 0.3) is 28.0 Å². The lowest BCUT2D eigenvalue weighted by Crippen LogP contribution is -2.23. The molecular formula is C22H20Cl2N4O6S2. The van der Waals surface area contributed by atoms with Gasteiger partial charge in [0.2, 0.25) is 0 Å². The highest BCUT2D eigenvalue weighted by Gasteiger charge is 2.20. The number of hydrogen-bond acceptors (Lipinski definition) is 7. The summed E-state index contributed by atoms with van der Waals surface area (Å²) in [6, 6.07) is 15.1. The molecule has 190 valence electrons. The molecule has 36 heavy (non-hydrogen) atoms. The summed E-state index contributed by atoms with van der Waals surface area (Å²) >= 11 is 13.1. The van der Waals surface area contributed by atoms with Gasteiger partial charge in [0.15, 0.2) is 0 Å². The Hall–Kier alpha value is -3.16. The van der Waals surface area contributed by atoms with Crippen LogP contribution in [0.15, 0.2) is 54.6 Å². The van der Waals surface area contributed by atoms with Gasteiger partial charge in [0, 0.05) is 16.4 Å². The molecule has 1 aliphatic rings. The number of ether oxygens (including phenoxy) is 1. The van der Waals surface area contributed by atoms with Crippen LogP contribution >= 0.6 is 34.5 Å². The number of amides is 2. The van der Waals surface area contributed by atoms with E-state index in [0.29, 0.717) is 45.0 Å². The highest BCUT2D eigenvalue weighted by atomic mass is 35.5. The number of benzene rings is 2. The fraction of sp³-hybridized carbons (Fsp3) is 0.136. The van der Waals surface area contributed by atoms with Crippen LogP contribution in [0, 0.1) is 5.41 Å². The monoisotopic (exact) mass is 570 g/mol. The molecular weight excluding hydrogens is 551 g/mol. The first kappa shape index (κ1) is 27.4. The number of anilines is 3. The third-order valence-corrected chi connectivity index (χ3v) is 5.97. The van der Waals surface area contributed by atoms with Gasteiger partial charge >= 0.3 is 0 Å². The minimum atomic E-state index is -3.67. The second-order valence-corrected chi connectivity index (χ2v) is 10.9. The zero-order valence-electron chi connectivity index (χ0n) is 18.6. The predicted molar refractivity (Wildman–Crippen MR) is 142 cm³/mol. The van der Waals surface area contributed by atoms with Gasteiger partial charge in [-0.3, -0.25) is 24.5 Å². The van der Waals surface area contributed by atoms with Gasteiger partial charge in [0.05, 0.1) is 33.3 Å². The second-order valence-electron chi connectivity index (χ2n) is 7.29. The van der Waals surface area contributed by atoms with Crippen molar-refractivity contribution in [2.45, 2.75) is 0 Å². The van der Waals surface area contributed by atoms with Gasteiger partial charge in [-0.15, -0.1) is 11.3 Å². The third kappa shape index (κ3) is 7.93. The predicted octanol–water partition coefficient (Wildman–Crippen LogP) is 4.83. The smallest absolute Gasteiger partial charge is 0.289 e. The van der Waals surface area contributed by atoms with E-state index in [1.165, 1.54) is 6.07 Å². The molecule has 1 aromatic heterocycles. The first-order valence-electron chi connectivity index (χ1n) is 10.1. The topological polar surface area (TPSA) is 149 Å². The highest BCUT2D eigenvalue weighted by molar-refractivity contribution is 7.85. The zero-order valence-corrected chi connectivity index (χ0v) is 21.8. The molecule has 0 unspecified atom stereocenters. The number of rotatable bonds is 5. The van der Waals surface area contributed by atoms with Crippen LogP contribution in [0.5, 0.6) is 0 Å². The van der Waals surface area contributed by atoms with Crippen molar-refractivity contribution in [2.24, 2.45) is 0 Å². The number of nitrogens with one attached hydrogen (secondary N) is 3. The van der Waals surface area contributed by atoms with Crippen molar-refractivity contribution in [1.82, 2.24) is 0 Å². The fourth-order valence-electron chi connectivity index (χ4n) is 3.02. The minimum Gasteiger partial charge on any atom is -0.463 e. The summed E-state index contributed by atoms with van der Waals surface area (Å²) in [5, 5.41) is 13.7. The summed E-state index contributed by atoms with van der Waals surface area (Å²) in [6.45, 7) is 1.08. The van der Waals surface area contributed by atoms with Crippen molar-refractivity contribution in [1.29, 1.82) is 5.41 Å². The Balaban J connectivity index is 0.000000658. The molecule has 1 aliphatic heterocycles. The Labute approximate surface area is 221 Å². The van der Waals surface area contributed by atoms with E-state index in [4.69, 9.17) is 37.9 Å². The SMILES string of the molecule is CS(=O)(=O)O.N=C1OCCN1c1ccc(NC(=O)c2ccc(Cl)cc2NC(=O)c2ccc(Cl)s2)cc1. The molecule has 1 fully saturated rings. The Morgan fingerprint density at radius 2 is 1.72 bits per heavy atom. The highest BCUT2D eigenvalue weighted by Crippen LogP contribution is 2.27. The van der Waals surface area contributed by atoms with Gasteiger partial charge in [0.1, 0.15) is 6.61 Å². The minimum absolute atomic E-state index is 0.102. The van der Waals surface area contributed by atoms with Crippen molar-refractivity contribution < 1.29 is 27.3 Å². The number of nitrogens with zero attached hydrogens (tertiary/aromatic N) is 1. The van der Waals surface area contributed by atoms with Crippen LogP contribution in [0.1, 0.15) is 20.0 Å². The number of amidine groups is 1. The van der Waals surface area contributed by atoms with Gasteiger partial charge in [-0.1, -0.05) is 23.2 Å². The number of carbonyl (C=O) groups excluding carboxylic acids is 2. The number of carbonyl (C=O) groups is 2. The molecule has 2 amide bonds. The molecule has 0 atom stereocenters. The van der Waals surface area contributed by atoms with Gasteiger partial charge in [-0.2, -0.15) is 8.42 Å². The molecule has 14 heteroatoms. The number of hydrogen-bond donors (Lipinski definition) is 4. The number of halogens is 2. The summed E-state index contributed by atoms with van der Waals surface area (Å²) in [4.78, 5) is 27.5. The van der Waals surface area contributed by atoms with Crippen molar-refractivity contribution in [3.8, 4) is 0 Å². The Kier molecular flexibility index (Phi) is 8.93. The maximum Gasteiger partial charge on any atom is 0.289 e. The lowest BCUT2D eigenvalue weighted by molar-refractivity contribution is 0.102. The second kappa shape index (κ2) is 11.7. The van der Waals surface area contributed by atoms with E-state index in [-0.39, 0.29) is 17.5 Å². The van der Waals surface area contributed by atoms with Crippen LogP contribution in [0.3, 0.4) is 0 Å². The maximum atomic E-state index is 12.9. The quantitative estimate of drug-likeness (QED) is 0.321. The largest absolute Gasteiger partial charge is 0.463 e. The summed E-state index contributed by atoms with van der Waals surface area (Å²) in [5.41, 5.74) is 1.92.